The van der Waals surface area contributed by atoms with Gasteiger partial charge in [-0.1, -0.05) is 24.3 Å². The summed E-state index contributed by atoms with van der Waals surface area (Å²) in [6, 6.07) is 9.73. The molecule has 0 spiro atoms. The monoisotopic (exact) mass is 526 g/mol. The van der Waals surface area contributed by atoms with Gasteiger partial charge in [0, 0.05) is 23.6 Å². The van der Waals surface area contributed by atoms with Crippen molar-refractivity contribution in [1.82, 2.24) is 4.90 Å². The van der Waals surface area contributed by atoms with E-state index < -0.39 is 36.2 Å². The Labute approximate surface area is 229 Å². The molecule has 0 radical (unpaired) electrons. The number of hydrogen-bond donors (Lipinski definition) is 0. The molecule has 0 atom stereocenters. The van der Waals surface area contributed by atoms with Crippen LogP contribution in [0.2, 0.25) is 0 Å². The van der Waals surface area contributed by atoms with Crippen LogP contribution in [0.1, 0.15) is 42.4 Å². The van der Waals surface area contributed by atoms with Crippen molar-refractivity contribution in [3.8, 4) is 23.0 Å². The Hall–Kier alpha value is -4.07. The molecule has 0 aliphatic heterocycles. The average Bonchev–Trinajstić information content (AvgIpc) is 2.96. The number of ether oxygens (including phenoxy) is 4. The zero-order valence-corrected chi connectivity index (χ0v) is 22.7. The van der Waals surface area contributed by atoms with Crippen molar-refractivity contribution >= 4 is 29.6 Å². The molecule has 38 heavy (non-hydrogen) atoms. The third kappa shape index (κ3) is 7.25. The minimum atomic E-state index is -3.14. The molecule has 2 rings (SSSR count). The van der Waals surface area contributed by atoms with E-state index in [1.807, 2.05) is 0 Å². The van der Waals surface area contributed by atoms with Crippen LogP contribution in [0.15, 0.2) is 48.6 Å². The highest BCUT2D eigenvalue weighted by Crippen LogP contribution is 2.31. The molecule has 0 saturated heterocycles. The molecule has 0 aliphatic carbocycles. The van der Waals surface area contributed by atoms with E-state index in [9.17, 15) is 14.4 Å². The van der Waals surface area contributed by atoms with Crippen LogP contribution in [0.3, 0.4) is 0 Å². The molecule has 8 nitrogen and oxygen atoms in total. The first-order valence-electron chi connectivity index (χ1n) is 13.6. The molecule has 0 aromatic heterocycles. The maximum absolute atomic E-state index is 13.8. The molecule has 0 saturated carbocycles. The number of methoxy groups -OCH3 is 4. The van der Waals surface area contributed by atoms with Crippen molar-refractivity contribution < 1.29 is 37.4 Å². The van der Waals surface area contributed by atoms with Gasteiger partial charge in [-0.3, -0.25) is 14.4 Å². The fourth-order valence-corrected chi connectivity index (χ4v) is 3.75. The van der Waals surface area contributed by atoms with Gasteiger partial charge in [0.25, 0.3) is 0 Å². The minimum Gasteiger partial charge on any atom is -0.493 e. The van der Waals surface area contributed by atoms with Gasteiger partial charge >= 0.3 is 0 Å². The van der Waals surface area contributed by atoms with Crippen molar-refractivity contribution in [3.63, 3.8) is 0 Å². The fourth-order valence-electron chi connectivity index (χ4n) is 3.75. The van der Waals surface area contributed by atoms with Crippen molar-refractivity contribution in [2.45, 2.75) is 27.1 Å². The number of ketones is 2. The highest BCUT2D eigenvalue weighted by atomic mass is 16.5. The number of carbonyl (C=O) groups is 3. The van der Waals surface area contributed by atoms with Crippen molar-refractivity contribution in [2.24, 2.45) is 5.41 Å². The molecule has 0 fully saturated rings. The highest BCUT2D eigenvalue weighted by Gasteiger charge is 2.40. The Morgan fingerprint density at radius 2 is 1.18 bits per heavy atom. The quantitative estimate of drug-likeness (QED) is 0.257. The zero-order valence-electron chi connectivity index (χ0n) is 25.7. The van der Waals surface area contributed by atoms with Crippen LogP contribution in [-0.2, 0) is 14.4 Å². The second-order valence-electron chi connectivity index (χ2n) is 8.27. The van der Waals surface area contributed by atoms with Gasteiger partial charge in [-0.05, 0) is 68.2 Å². The molecule has 0 unspecified atom stereocenters. The summed E-state index contributed by atoms with van der Waals surface area (Å²) in [5.74, 6) is -0.928. The van der Waals surface area contributed by atoms with Gasteiger partial charge in [0.05, 0.1) is 28.4 Å². The lowest BCUT2D eigenvalue weighted by atomic mass is 9.77. The van der Waals surface area contributed by atoms with Crippen LogP contribution in [-0.4, -0.2) is 63.9 Å². The highest BCUT2D eigenvalue weighted by molar-refractivity contribution is 6.18. The summed E-state index contributed by atoms with van der Waals surface area (Å²) in [7, 11) is 5.88. The SMILES string of the molecule is [2H]C([2H])([2H])C(CC(=O)N(CC)CC)(C(=O)/C=C/c1ccc(OC)c(OC)c1)C(=O)/C=C/c1ccc(OC)c(OC)c1. The van der Waals surface area contributed by atoms with Crippen molar-refractivity contribution in [3.05, 3.63) is 59.7 Å². The molecular weight excluding hydrogens is 486 g/mol. The maximum Gasteiger partial charge on any atom is 0.224 e. The topological polar surface area (TPSA) is 91.4 Å². The van der Waals surface area contributed by atoms with E-state index in [0.29, 0.717) is 34.1 Å². The van der Waals surface area contributed by atoms with Crippen LogP contribution >= 0.6 is 0 Å². The van der Waals surface area contributed by atoms with E-state index in [2.05, 4.69) is 0 Å². The van der Waals surface area contributed by atoms with Crippen LogP contribution in [0.5, 0.6) is 23.0 Å². The summed E-state index contributed by atoms with van der Waals surface area (Å²) < 4.78 is 46.0. The van der Waals surface area contributed by atoms with Gasteiger partial charge < -0.3 is 23.8 Å². The van der Waals surface area contributed by atoms with Crippen LogP contribution in [0.25, 0.3) is 12.2 Å². The summed E-state index contributed by atoms with van der Waals surface area (Å²) in [5.41, 5.74) is -1.66. The molecule has 1 amide bonds. The molecular formula is C30H37NO7. The van der Waals surface area contributed by atoms with E-state index in [4.69, 9.17) is 23.1 Å². The average molecular weight is 527 g/mol. The summed E-state index contributed by atoms with van der Waals surface area (Å²) in [6.45, 7) is 0.898. The Bertz CT molecular complexity index is 1220. The first-order valence-corrected chi connectivity index (χ1v) is 12.1. The number of nitrogens with zero attached hydrogens (tertiary/aromatic N) is 1. The second-order valence-corrected chi connectivity index (χ2v) is 8.27. The van der Waals surface area contributed by atoms with E-state index in [1.54, 1.807) is 50.2 Å². The number of allylic oxidation sites excluding steroid dienone is 2. The third-order valence-corrected chi connectivity index (χ3v) is 6.04. The van der Waals surface area contributed by atoms with Gasteiger partial charge in [0.1, 0.15) is 5.41 Å². The Kier molecular flexibility index (Phi) is 9.44. The Morgan fingerprint density at radius 1 is 0.763 bits per heavy atom. The van der Waals surface area contributed by atoms with E-state index >= 15 is 0 Å². The van der Waals surface area contributed by atoms with E-state index in [1.165, 1.54) is 45.5 Å². The predicted octanol–water partition coefficient (Wildman–Crippen LogP) is 4.85. The second kappa shape index (κ2) is 14.0. The lowest BCUT2D eigenvalue weighted by Crippen LogP contribution is -2.41. The molecule has 8 heteroatoms. The molecule has 2 aromatic carbocycles. The summed E-state index contributed by atoms with van der Waals surface area (Å²) in [5, 5.41) is 0. The molecule has 0 N–H and O–H groups in total. The van der Waals surface area contributed by atoms with E-state index in [-0.39, 0.29) is 13.1 Å². The molecule has 0 heterocycles. The number of hydrogen-bond acceptors (Lipinski definition) is 7. The zero-order chi connectivity index (χ0) is 30.8. The number of benzene rings is 2. The summed E-state index contributed by atoms with van der Waals surface area (Å²) >= 11 is 0. The van der Waals surface area contributed by atoms with Gasteiger partial charge in [-0.25, -0.2) is 0 Å². The molecule has 204 valence electrons. The molecule has 2 aromatic rings. The van der Waals surface area contributed by atoms with Crippen LogP contribution in [0, 0.1) is 5.41 Å². The first-order chi connectivity index (χ1) is 19.4. The third-order valence-electron chi connectivity index (χ3n) is 6.04. The fraction of sp³-hybridized carbons (Fsp3) is 0.367. The van der Waals surface area contributed by atoms with Crippen LogP contribution < -0.4 is 18.9 Å². The number of carbonyl (C=O) groups excluding carboxylic acids is 3. The standard InChI is InChI=1S/C30H37NO7/c1-8-31(9-2)29(34)20-30(3,27(32)16-12-21-10-14-23(35-4)25(18-21)37-6)28(33)17-13-22-11-15-24(36-5)26(19-22)38-7/h10-19H,8-9,20H2,1-7H3/b16-12+,17-13+/i3D3. The van der Waals surface area contributed by atoms with Crippen molar-refractivity contribution in [2.75, 3.05) is 41.5 Å². The van der Waals surface area contributed by atoms with E-state index in [0.717, 1.165) is 12.2 Å². The molecule has 0 aliphatic rings. The summed E-state index contributed by atoms with van der Waals surface area (Å²) in [4.78, 5) is 42.1. The Morgan fingerprint density at radius 3 is 1.53 bits per heavy atom. The maximum atomic E-state index is 13.8. The smallest absolute Gasteiger partial charge is 0.224 e. The van der Waals surface area contributed by atoms with Crippen LogP contribution in [0.4, 0.5) is 0 Å². The van der Waals surface area contributed by atoms with Gasteiger partial charge in [0.2, 0.25) is 5.91 Å². The minimum absolute atomic E-state index is 0.289. The molecule has 0 bridgehead atoms. The predicted molar refractivity (Wildman–Crippen MR) is 148 cm³/mol. The number of rotatable bonds is 14. The largest absolute Gasteiger partial charge is 0.493 e. The normalized spacial score (nSPS) is 12.9. The van der Waals surface area contributed by atoms with Gasteiger partial charge in [0.15, 0.2) is 34.6 Å². The lowest BCUT2D eigenvalue weighted by molar-refractivity contribution is -0.143. The first kappa shape index (κ1) is 25.6. The summed E-state index contributed by atoms with van der Waals surface area (Å²) in [6.07, 6.45) is 3.96. The van der Waals surface area contributed by atoms with Gasteiger partial charge in [-0.2, -0.15) is 0 Å². The van der Waals surface area contributed by atoms with Gasteiger partial charge in [-0.15, -0.1) is 0 Å². The number of amides is 1. The lowest BCUT2D eigenvalue weighted by Gasteiger charge is -2.27. The Balaban J connectivity index is 2.62. The van der Waals surface area contributed by atoms with Crippen molar-refractivity contribution in [1.29, 1.82) is 0 Å².